The van der Waals surface area contributed by atoms with Gasteiger partial charge >= 0.3 is 5.97 Å². The second kappa shape index (κ2) is 8.69. The van der Waals surface area contributed by atoms with Crippen molar-refractivity contribution >= 4 is 39.2 Å². The van der Waals surface area contributed by atoms with Crippen LogP contribution in [0.1, 0.15) is 43.0 Å². The summed E-state index contributed by atoms with van der Waals surface area (Å²) in [4.78, 5) is 26.5. The maximum atomic E-state index is 13.0. The largest absolute Gasteiger partial charge is 0.466 e. The molecule has 28 heavy (non-hydrogen) atoms. The number of piperidine rings is 1. The van der Waals surface area contributed by atoms with Crippen LogP contribution in [0.4, 0.5) is 5.69 Å². The van der Waals surface area contributed by atoms with Crippen molar-refractivity contribution in [3.8, 4) is 0 Å². The molecular formula is C19H25ClN2O5S. The molecule has 3 rings (SSSR count). The number of carbonyl (C=O) groups is 2. The molecule has 0 bridgehead atoms. The number of hydrogen-bond donors (Lipinski definition) is 0. The Labute approximate surface area is 170 Å². The number of likely N-dealkylation sites (tertiary alicyclic amines) is 1. The highest BCUT2D eigenvalue weighted by Gasteiger charge is 2.31. The quantitative estimate of drug-likeness (QED) is 0.688. The topological polar surface area (TPSA) is 84.0 Å². The zero-order chi connectivity index (χ0) is 20.3. The van der Waals surface area contributed by atoms with Gasteiger partial charge < -0.3 is 9.64 Å². The van der Waals surface area contributed by atoms with Crippen molar-refractivity contribution in [1.29, 1.82) is 0 Å². The fourth-order valence-corrected chi connectivity index (χ4v) is 5.49. The summed E-state index contributed by atoms with van der Waals surface area (Å²) in [6.45, 7) is 3.40. The Bertz CT molecular complexity index is 850. The summed E-state index contributed by atoms with van der Waals surface area (Å²) in [5.74, 6) is -0.543. The fourth-order valence-electron chi connectivity index (χ4n) is 3.66. The molecule has 2 aliphatic rings. The van der Waals surface area contributed by atoms with Crippen LogP contribution in [-0.2, 0) is 19.6 Å². The van der Waals surface area contributed by atoms with Gasteiger partial charge in [-0.25, -0.2) is 8.42 Å². The van der Waals surface area contributed by atoms with E-state index in [4.69, 9.17) is 16.3 Å². The lowest BCUT2D eigenvalue weighted by molar-refractivity contribution is -0.149. The number of amides is 1. The Morgan fingerprint density at radius 1 is 1.18 bits per heavy atom. The van der Waals surface area contributed by atoms with Gasteiger partial charge in [0, 0.05) is 19.6 Å². The predicted molar refractivity (Wildman–Crippen MR) is 107 cm³/mol. The first-order valence-electron chi connectivity index (χ1n) is 9.59. The number of sulfonamides is 1. The van der Waals surface area contributed by atoms with Gasteiger partial charge in [0.2, 0.25) is 10.0 Å². The Kier molecular flexibility index (Phi) is 6.50. The number of benzene rings is 1. The molecule has 7 nitrogen and oxygen atoms in total. The molecule has 0 N–H and O–H groups in total. The molecule has 1 aromatic carbocycles. The molecule has 0 aliphatic carbocycles. The Morgan fingerprint density at radius 3 is 2.54 bits per heavy atom. The molecule has 9 heteroatoms. The van der Waals surface area contributed by atoms with Crippen LogP contribution in [0.3, 0.4) is 0 Å². The summed E-state index contributed by atoms with van der Waals surface area (Å²) in [7, 11) is -3.37. The summed E-state index contributed by atoms with van der Waals surface area (Å²) < 4.78 is 31.1. The molecule has 2 aliphatic heterocycles. The highest BCUT2D eigenvalue weighted by molar-refractivity contribution is 7.92. The summed E-state index contributed by atoms with van der Waals surface area (Å²) in [5, 5.41) is 0.288. The van der Waals surface area contributed by atoms with Gasteiger partial charge in [-0.2, -0.15) is 0 Å². The lowest BCUT2D eigenvalue weighted by atomic mass is 9.96. The Morgan fingerprint density at radius 2 is 1.89 bits per heavy atom. The minimum atomic E-state index is -3.37. The van der Waals surface area contributed by atoms with E-state index in [0.717, 1.165) is 6.42 Å². The third-order valence-corrected chi connectivity index (χ3v) is 7.42. The molecule has 0 atom stereocenters. The summed E-state index contributed by atoms with van der Waals surface area (Å²) in [6.07, 6.45) is 2.52. The zero-order valence-corrected chi connectivity index (χ0v) is 17.5. The summed E-state index contributed by atoms with van der Waals surface area (Å²) >= 11 is 6.25. The first-order chi connectivity index (χ1) is 13.3. The lowest BCUT2D eigenvalue weighted by Crippen LogP contribution is -2.41. The molecule has 2 saturated heterocycles. The van der Waals surface area contributed by atoms with E-state index < -0.39 is 10.0 Å². The number of rotatable bonds is 4. The number of carbonyl (C=O) groups excluding carboxylic acids is 2. The molecule has 2 heterocycles. The van der Waals surface area contributed by atoms with E-state index in [-0.39, 0.29) is 34.1 Å². The number of ether oxygens (including phenoxy) is 1. The van der Waals surface area contributed by atoms with Crippen molar-refractivity contribution in [2.45, 2.75) is 32.6 Å². The van der Waals surface area contributed by atoms with Crippen LogP contribution in [0.25, 0.3) is 0 Å². The molecule has 0 aromatic heterocycles. The standard InChI is InChI=1S/C19H25ClN2O5S/c1-2-27-19(24)14-7-10-21(11-8-14)18(23)16-13-15(5-6-17(16)20)22-9-3-4-12-28(22,25)26/h5-6,13-14H,2-4,7-12H2,1H3. The van der Waals surface area contributed by atoms with Crippen molar-refractivity contribution in [3.05, 3.63) is 28.8 Å². The molecule has 154 valence electrons. The van der Waals surface area contributed by atoms with E-state index in [1.807, 2.05) is 0 Å². The number of esters is 1. The lowest BCUT2D eigenvalue weighted by Gasteiger charge is -2.32. The zero-order valence-electron chi connectivity index (χ0n) is 15.9. The smallest absolute Gasteiger partial charge is 0.309 e. The van der Waals surface area contributed by atoms with Gasteiger partial charge in [0.25, 0.3) is 5.91 Å². The monoisotopic (exact) mass is 428 g/mol. The molecule has 2 fully saturated rings. The molecule has 0 spiro atoms. The third-order valence-electron chi connectivity index (χ3n) is 5.22. The minimum absolute atomic E-state index is 0.111. The van der Waals surface area contributed by atoms with Gasteiger partial charge in [-0.15, -0.1) is 0 Å². The van der Waals surface area contributed by atoms with Crippen LogP contribution in [0.5, 0.6) is 0 Å². The van der Waals surface area contributed by atoms with Gasteiger partial charge in [0.1, 0.15) is 0 Å². The first kappa shape index (κ1) is 20.9. The van der Waals surface area contributed by atoms with E-state index >= 15 is 0 Å². The SMILES string of the molecule is CCOC(=O)C1CCN(C(=O)c2cc(N3CCCCS3(=O)=O)ccc2Cl)CC1. The Balaban J connectivity index is 1.75. The minimum Gasteiger partial charge on any atom is -0.466 e. The third kappa shape index (κ3) is 4.43. The van der Waals surface area contributed by atoms with Gasteiger partial charge in [0.15, 0.2) is 0 Å². The van der Waals surface area contributed by atoms with Crippen molar-refractivity contribution < 1.29 is 22.7 Å². The molecule has 1 aromatic rings. The van der Waals surface area contributed by atoms with E-state index in [1.54, 1.807) is 30.0 Å². The molecule has 1 amide bonds. The number of anilines is 1. The maximum Gasteiger partial charge on any atom is 0.309 e. The summed E-state index contributed by atoms with van der Waals surface area (Å²) in [6, 6.07) is 4.76. The van der Waals surface area contributed by atoms with Gasteiger partial charge in [-0.1, -0.05) is 11.6 Å². The van der Waals surface area contributed by atoms with E-state index in [0.29, 0.717) is 51.2 Å². The summed E-state index contributed by atoms with van der Waals surface area (Å²) in [5.41, 5.74) is 0.753. The second-order valence-electron chi connectivity index (χ2n) is 7.08. The van der Waals surface area contributed by atoms with Gasteiger partial charge in [0.05, 0.1) is 34.6 Å². The first-order valence-corrected chi connectivity index (χ1v) is 11.6. The van der Waals surface area contributed by atoms with Crippen molar-refractivity contribution in [2.24, 2.45) is 5.92 Å². The molecular weight excluding hydrogens is 404 g/mol. The van der Waals surface area contributed by atoms with E-state index in [2.05, 4.69) is 0 Å². The highest BCUT2D eigenvalue weighted by atomic mass is 35.5. The van der Waals surface area contributed by atoms with Crippen LogP contribution in [0.15, 0.2) is 18.2 Å². The average molecular weight is 429 g/mol. The number of hydrogen-bond acceptors (Lipinski definition) is 5. The van der Waals surface area contributed by atoms with Crippen molar-refractivity contribution in [3.63, 3.8) is 0 Å². The van der Waals surface area contributed by atoms with Crippen LogP contribution in [-0.4, -0.2) is 57.2 Å². The van der Waals surface area contributed by atoms with E-state index in [9.17, 15) is 18.0 Å². The molecule has 0 radical (unpaired) electrons. The van der Waals surface area contributed by atoms with Crippen LogP contribution in [0.2, 0.25) is 5.02 Å². The predicted octanol–water partition coefficient (Wildman–Crippen LogP) is 2.69. The van der Waals surface area contributed by atoms with Crippen molar-refractivity contribution in [1.82, 2.24) is 4.90 Å². The van der Waals surface area contributed by atoms with Crippen LogP contribution in [0, 0.1) is 5.92 Å². The van der Waals surface area contributed by atoms with Crippen LogP contribution >= 0.6 is 11.6 Å². The fraction of sp³-hybridized carbons (Fsp3) is 0.579. The number of nitrogens with zero attached hydrogens (tertiary/aromatic N) is 2. The van der Waals surface area contributed by atoms with Gasteiger partial charge in [-0.3, -0.25) is 13.9 Å². The van der Waals surface area contributed by atoms with Gasteiger partial charge in [-0.05, 0) is 50.8 Å². The van der Waals surface area contributed by atoms with Crippen LogP contribution < -0.4 is 4.31 Å². The average Bonchev–Trinajstić information content (AvgIpc) is 2.68. The highest BCUT2D eigenvalue weighted by Crippen LogP contribution is 2.30. The molecule has 0 saturated carbocycles. The van der Waals surface area contributed by atoms with E-state index in [1.165, 1.54) is 4.31 Å². The normalized spacial score (nSPS) is 20.1. The second-order valence-corrected chi connectivity index (χ2v) is 9.50. The number of halogens is 1. The molecule has 0 unspecified atom stereocenters. The van der Waals surface area contributed by atoms with Crippen molar-refractivity contribution in [2.75, 3.05) is 36.3 Å². The Hall–Kier alpha value is -1.80. The maximum absolute atomic E-state index is 13.0.